The van der Waals surface area contributed by atoms with Crippen molar-refractivity contribution < 1.29 is 4.74 Å². The van der Waals surface area contributed by atoms with Crippen molar-refractivity contribution in [2.75, 3.05) is 26.3 Å². The van der Waals surface area contributed by atoms with Crippen LogP contribution < -0.4 is 5.32 Å². The van der Waals surface area contributed by atoms with Gasteiger partial charge in [-0.3, -0.25) is 0 Å². The Balaban J connectivity index is 1.90. The summed E-state index contributed by atoms with van der Waals surface area (Å²) < 4.78 is 5.46. The van der Waals surface area contributed by atoms with Crippen LogP contribution in [0.3, 0.4) is 0 Å². The summed E-state index contributed by atoms with van der Waals surface area (Å²) in [5, 5.41) is 4.94. The van der Waals surface area contributed by atoms with Gasteiger partial charge < -0.3 is 10.1 Å². The number of halogens is 1. The minimum Gasteiger partial charge on any atom is -0.380 e. The normalized spacial score (nSPS) is 23.7. The van der Waals surface area contributed by atoms with Crippen molar-refractivity contribution in [1.29, 1.82) is 0 Å². The molecule has 2 heterocycles. The molecule has 0 aliphatic carbocycles. The standard InChI is InChI=1S/C14H18ClNOS/c15-13-2-1-10-3-6-16-7-4-12(10)14(13)18-11-5-8-17-9-11/h1-2,11,16H,3-9H2/t11-/m1/s1. The fourth-order valence-corrected chi connectivity index (χ4v) is 4.19. The summed E-state index contributed by atoms with van der Waals surface area (Å²) in [6.07, 6.45) is 3.34. The van der Waals surface area contributed by atoms with Crippen LogP contribution in [-0.4, -0.2) is 31.6 Å². The van der Waals surface area contributed by atoms with Crippen LogP contribution in [0.5, 0.6) is 0 Å². The fraction of sp³-hybridized carbons (Fsp3) is 0.571. The van der Waals surface area contributed by atoms with Gasteiger partial charge in [0.1, 0.15) is 0 Å². The molecule has 0 radical (unpaired) electrons. The third-order valence-corrected chi connectivity index (χ3v) is 5.44. The Morgan fingerprint density at radius 2 is 2.17 bits per heavy atom. The van der Waals surface area contributed by atoms with Gasteiger partial charge in [-0.15, -0.1) is 11.8 Å². The van der Waals surface area contributed by atoms with Gasteiger partial charge in [-0.1, -0.05) is 17.7 Å². The predicted molar refractivity (Wildman–Crippen MR) is 76.8 cm³/mol. The van der Waals surface area contributed by atoms with E-state index >= 15 is 0 Å². The molecule has 2 aliphatic heterocycles. The lowest BCUT2D eigenvalue weighted by atomic mass is 10.0. The largest absolute Gasteiger partial charge is 0.380 e. The number of fused-ring (bicyclic) bond motifs is 1. The molecule has 1 N–H and O–H groups in total. The average molecular weight is 284 g/mol. The molecule has 1 saturated heterocycles. The molecule has 0 unspecified atom stereocenters. The Hall–Kier alpha value is -0.220. The van der Waals surface area contributed by atoms with Gasteiger partial charge in [-0.25, -0.2) is 0 Å². The van der Waals surface area contributed by atoms with Crippen molar-refractivity contribution in [3.8, 4) is 0 Å². The summed E-state index contributed by atoms with van der Waals surface area (Å²) in [6.45, 7) is 3.89. The molecule has 1 aromatic carbocycles. The highest BCUT2D eigenvalue weighted by atomic mass is 35.5. The van der Waals surface area contributed by atoms with Crippen LogP contribution in [0.4, 0.5) is 0 Å². The van der Waals surface area contributed by atoms with Crippen LogP contribution in [0, 0.1) is 0 Å². The van der Waals surface area contributed by atoms with Crippen molar-refractivity contribution in [2.24, 2.45) is 0 Å². The molecule has 98 valence electrons. The molecule has 0 spiro atoms. The molecule has 4 heteroatoms. The van der Waals surface area contributed by atoms with Crippen molar-refractivity contribution in [3.63, 3.8) is 0 Å². The van der Waals surface area contributed by atoms with Gasteiger partial charge in [0.05, 0.1) is 11.6 Å². The summed E-state index contributed by atoms with van der Waals surface area (Å²) in [5.74, 6) is 0. The number of thioether (sulfide) groups is 1. The Kier molecular flexibility index (Phi) is 4.14. The molecule has 2 aliphatic rings. The van der Waals surface area contributed by atoms with Gasteiger partial charge in [-0.05, 0) is 49.5 Å². The minimum atomic E-state index is 0.574. The molecule has 0 bridgehead atoms. The maximum absolute atomic E-state index is 6.41. The van der Waals surface area contributed by atoms with Crippen LogP contribution in [-0.2, 0) is 17.6 Å². The molecule has 1 fully saturated rings. The molecule has 18 heavy (non-hydrogen) atoms. The topological polar surface area (TPSA) is 21.3 Å². The molecule has 0 amide bonds. The molecular weight excluding hydrogens is 266 g/mol. The molecule has 0 saturated carbocycles. The molecule has 1 atom stereocenters. The van der Waals surface area contributed by atoms with Gasteiger partial charge >= 0.3 is 0 Å². The van der Waals surface area contributed by atoms with Gasteiger partial charge in [0.25, 0.3) is 0 Å². The van der Waals surface area contributed by atoms with Crippen molar-refractivity contribution in [3.05, 3.63) is 28.3 Å². The lowest BCUT2D eigenvalue weighted by molar-refractivity contribution is 0.199. The first-order chi connectivity index (χ1) is 8.84. The van der Waals surface area contributed by atoms with Gasteiger partial charge in [-0.2, -0.15) is 0 Å². The fourth-order valence-electron chi connectivity index (χ4n) is 2.61. The van der Waals surface area contributed by atoms with Gasteiger partial charge in [0.2, 0.25) is 0 Å². The van der Waals surface area contributed by atoms with Crippen LogP contribution in [0.25, 0.3) is 0 Å². The quantitative estimate of drug-likeness (QED) is 0.902. The molecule has 2 nitrogen and oxygen atoms in total. The highest BCUT2D eigenvalue weighted by molar-refractivity contribution is 8.00. The maximum atomic E-state index is 6.41. The van der Waals surface area contributed by atoms with Crippen LogP contribution in [0.15, 0.2) is 17.0 Å². The number of nitrogens with one attached hydrogen (secondary N) is 1. The lowest BCUT2D eigenvalue weighted by Gasteiger charge is -2.16. The molecule has 1 aromatic rings. The van der Waals surface area contributed by atoms with E-state index < -0.39 is 0 Å². The zero-order chi connectivity index (χ0) is 12.4. The Morgan fingerprint density at radius 1 is 1.28 bits per heavy atom. The number of ether oxygens (including phenoxy) is 1. The van der Waals surface area contributed by atoms with Crippen LogP contribution >= 0.6 is 23.4 Å². The number of hydrogen-bond acceptors (Lipinski definition) is 3. The maximum Gasteiger partial charge on any atom is 0.0589 e. The minimum absolute atomic E-state index is 0.574. The first-order valence-electron chi connectivity index (χ1n) is 6.60. The molecular formula is C14H18ClNOS. The SMILES string of the molecule is Clc1ccc2c(c1S[C@@H]1CCOC1)CCNCC2. The average Bonchev–Trinajstić information content (AvgIpc) is 2.76. The summed E-state index contributed by atoms with van der Waals surface area (Å²) in [7, 11) is 0. The lowest BCUT2D eigenvalue weighted by Crippen LogP contribution is -2.16. The van der Waals surface area contributed by atoms with Gasteiger partial charge in [0.15, 0.2) is 0 Å². The Bertz CT molecular complexity index is 432. The zero-order valence-electron chi connectivity index (χ0n) is 10.4. The predicted octanol–water partition coefficient (Wildman–Crippen LogP) is 2.91. The highest BCUT2D eigenvalue weighted by Gasteiger charge is 2.22. The summed E-state index contributed by atoms with van der Waals surface area (Å²) in [5.41, 5.74) is 2.93. The van der Waals surface area contributed by atoms with E-state index in [1.807, 2.05) is 11.8 Å². The van der Waals surface area contributed by atoms with E-state index in [0.29, 0.717) is 5.25 Å². The zero-order valence-corrected chi connectivity index (χ0v) is 11.9. The smallest absolute Gasteiger partial charge is 0.0589 e. The number of benzene rings is 1. The van der Waals surface area contributed by atoms with E-state index in [0.717, 1.165) is 50.6 Å². The van der Waals surface area contributed by atoms with E-state index in [-0.39, 0.29) is 0 Å². The van der Waals surface area contributed by atoms with E-state index in [4.69, 9.17) is 16.3 Å². The first-order valence-corrected chi connectivity index (χ1v) is 7.86. The first kappa shape index (κ1) is 12.8. The van der Waals surface area contributed by atoms with Crippen LogP contribution in [0.2, 0.25) is 5.02 Å². The third-order valence-electron chi connectivity index (χ3n) is 3.60. The second-order valence-corrected chi connectivity index (χ2v) is 6.59. The summed E-state index contributed by atoms with van der Waals surface area (Å²) in [4.78, 5) is 1.30. The third kappa shape index (κ3) is 2.69. The summed E-state index contributed by atoms with van der Waals surface area (Å²) >= 11 is 8.33. The van der Waals surface area contributed by atoms with Gasteiger partial charge in [0, 0.05) is 16.8 Å². The van der Waals surface area contributed by atoms with Crippen LogP contribution in [0.1, 0.15) is 17.5 Å². The Labute approximate surface area is 117 Å². The Morgan fingerprint density at radius 3 is 3.00 bits per heavy atom. The van der Waals surface area contributed by atoms with E-state index in [2.05, 4.69) is 17.4 Å². The number of rotatable bonds is 2. The monoisotopic (exact) mass is 283 g/mol. The van der Waals surface area contributed by atoms with E-state index in [1.54, 1.807) is 0 Å². The van der Waals surface area contributed by atoms with Crippen molar-refractivity contribution in [1.82, 2.24) is 5.32 Å². The molecule has 3 rings (SSSR count). The van der Waals surface area contributed by atoms with Crippen molar-refractivity contribution >= 4 is 23.4 Å². The highest BCUT2D eigenvalue weighted by Crippen LogP contribution is 2.38. The summed E-state index contributed by atoms with van der Waals surface area (Å²) in [6, 6.07) is 4.25. The second kappa shape index (κ2) is 5.83. The molecule has 0 aromatic heterocycles. The second-order valence-electron chi connectivity index (χ2n) is 4.87. The van der Waals surface area contributed by atoms with E-state index in [1.165, 1.54) is 16.0 Å². The van der Waals surface area contributed by atoms with Crippen molar-refractivity contribution in [2.45, 2.75) is 29.4 Å². The number of hydrogen-bond donors (Lipinski definition) is 1. The van der Waals surface area contributed by atoms with E-state index in [9.17, 15) is 0 Å².